The first-order chi connectivity index (χ1) is 6.45. The molecule has 1 aromatic rings. The average Bonchev–Trinajstić information content (AvgIpc) is 2.07. The van der Waals surface area contributed by atoms with Crippen LogP contribution in [-0.4, -0.2) is 15.0 Å². The average molecular weight is 219 g/mol. The summed E-state index contributed by atoms with van der Waals surface area (Å²) in [6.45, 7) is 2.01. The van der Waals surface area contributed by atoms with Gasteiger partial charge in [-0.2, -0.15) is 0 Å². The van der Waals surface area contributed by atoms with Crippen molar-refractivity contribution in [2.45, 2.75) is 11.8 Å². The van der Waals surface area contributed by atoms with Crippen LogP contribution in [-0.2, 0) is 10.0 Å². The second-order valence-corrected chi connectivity index (χ2v) is 4.13. The second-order valence-electron chi connectivity index (χ2n) is 2.57. The third kappa shape index (κ3) is 2.43. The Morgan fingerprint density at radius 2 is 2.14 bits per heavy atom. The summed E-state index contributed by atoms with van der Waals surface area (Å²) in [6, 6.07) is 3.27. The molecule has 0 saturated carbocycles. The molecule has 6 heteroatoms. The molecule has 4 nitrogen and oxygen atoms in total. The van der Waals surface area contributed by atoms with Gasteiger partial charge in [0.2, 0.25) is 10.0 Å². The molecular formula is C8H10FNO3S. The highest BCUT2D eigenvalue weighted by molar-refractivity contribution is 7.89. The first-order valence-corrected chi connectivity index (χ1v) is 5.45. The summed E-state index contributed by atoms with van der Waals surface area (Å²) in [6.07, 6.45) is 0. The van der Waals surface area contributed by atoms with E-state index in [9.17, 15) is 12.8 Å². The van der Waals surface area contributed by atoms with Gasteiger partial charge in [-0.3, -0.25) is 0 Å². The van der Waals surface area contributed by atoms with Crippen LogP contribution in [0.1, 0.15) is 6.92 Å². The van der Waals surface area contributed by atoms with Crippen molar-refractivity contribution in [3.05, 3.63) is 24.0 Å². The predicted molar refractivity (Wildman–Crippen MR) is 48.9 cm³/mol. The lowest BCUT2D eigenvalue weighted by molar-refractivity contribution is 0.321. The number of primary sulfonamides is 1. The maximum Gasteiger partial charge on any atom is 0.238 e. The third-order valence-electron chi connectivity index (χ3n) is 1.53. The molecule has 0 aliphatic heterocycles. The van der Waals surface area contributed by atoms with Crippen molar-refractivity contribution in [1.29, 1.82) is 0 Å². The molecule has 0 unspecified atom stereocenters. The number of rotatable bonds is 3. The number of hydrogen-bond donors (Lipinski definition) is 1. The minimum atomic E-state index is -3.85. The number of nitrogens with two attached hydrogens (primary N) is 1. The van der Waals surface area contributed by atoms with Gasteiger partial charge in [-0.15, -0.1) is 0 Å². The first kappa shape index (κ1) is 10.9. The van der Waals surface area contributed by atoms with E-state index in [0.29, 0.717) is 6.61 Å². The molecule has 0 aliphatic rings. The van der Waals surface area contributed by atoms with Crippen LogP contribution in [0.25, 0.3) is 0 Å². The number of halogens is 1. The van der Waals surface area contributed by atoms with Crippen LogP contribution >= 0.6 is 0 Å². The van der Waals surface area contributed by atoms with Gasteiger partial charge in [-0.1, -0.05) is 0 Å². The third-order valence-corrected chi connectivity index (χ3v) is 2.44. The van der Waals surface area contributed by atoms with Gasteiger partial charge in [0.25, 0.3) is 0 Å². The SMILES string of the molecule is CCOc1ccc(S(N)(=O)=O)cc1F. The van der Waals surface area contributed by atoms with Gasteiger partial charge in [0, 0.05) is 0 Å². The Hall–Kier alpha value is -1.14. The van der Waals surface area contributed by atoms with Gasteiger partial charge in [0.1, 0.15) is 0 Å². The summed E-state index contributed by atoms with van der Waals surface area (Å²) >= 11 is 0. The van der Waals surface area contributed by atoms with Crippen molar-refractivity contribution < 1.29 is 17.5 Å². The first-order valence-electron chi connectivity index (χ1n) is 3.90. The molecule has 0 aliphatic carbocycles. The Morgan fingerprint density at radius 1 is 1.50 bits per heavy atom. The smallest absolute Gasteiger partial charge is 0.238 e. The highest BCUT2D eigenvalue weighted by atomic mass is 32.2. The van der Waals surface area contributed by atoms with E-state index >= 15 is 0 Å². The molecule has 0 aromatic heterocycles. The molecule has 0 heterocycles. The molecule has 0 saturated heterocycles. The Labute approximate surface area is 81.5 Å². The van der Waals surface area contributed by atoms with Gasteiger partial charge in [0.05, 0.1) is 11.5 Å². The maximum absolute atomic E-state index is 13.1. The molecule has 0 spiro atoms. The van der Waals surface area contributed by atoms with E-state index in [1.807, 2.05) is 0 Å². The van der Waals surface area contributed by atoms with Gasteiger partial charge < -0.3 is 4.74 Å². The second kappa shape index (κ2) is 3.93. The standard InChI is InChI=1S/C8H10FNO3S/c1-2-13-8-4-3-6(5-7(8)9)14(10,11)12/h3-5H,2H2,1H3,(H2,10,11,12). The molecule has 2 N–H and O–H groups in total. The normalized spacial score (nSPS) is 11.4. The summed E-state index contributed by atoms with van der Waals surface area (Å²) < 4.78 is 39.7. The van der Waals surface area contributed by atoms with Crippen LogP contribution in [0.15, 0.2) is 23.1 Å². The van der Waals surface area contributed by atoms with Crippen LogP contribution in [0.2, 0.25) is 0 Å². The van der Waals surface area contributed by atoms with E-state index < -0.39 is 15.8 Å². The fourth-order valence-corrected chi connectivity index (χ4v) is 1.46. The number of hydrogen-bond acceptors (Lipinski definition) is 3. The topological polar surface area (TPSA) is 69.4 Å². The Morgan fingerprint density at radius 3 is 2.57 bits per heavy atom. The van der Waals surface area contributed by atoms with Crippen LogP contribution in [0, 0.1) is 5.82 Å². The summed E-state index contributed by atoms with van der Waals surface area (Å²) in [5.41, 5.74) is 0. The summed E-state index contributed by atoms with van der Waals surface area (Å²) in [5, 5.41) is 4.81. The molecule has 1 rings (SSSR count). The molecule has 0 atom stereocenters. The largest absolute Gasteiger partial charge is 0.491 e. The quantitative estimate of drug-likeness (QED) is 0.820. The highest BCUT2D eigenvalue weighted by Gasteiger charge is 2.11. The van der Waals surface area contributed by atoms with E-state index in [1.165, 1.54) is 12.1 Å². The van der Waals surface area contributed by atoms with Crippen molar-refractivity contribution in [3.63, 3.8) is 0 Å². The van der Waals surface area contributed by atoms with Crippen molar-refractivity contribution in [3.8, 4) is 5.75 Å². The Kier molecular flexibility index (Phi) is 3.07. The predicted octanol–water partition coefficient (Wildman–Crippen LogP) is 0.872. The summed E-state index contributed by atoms with van der Waals surface area (Å²) in [4.78, 5) is -0.265. The fourth-order valence-electron chi connectivity index (χ4n) is 0.931. The van der Waals surface area contributed by atoms with Crippen LogP contribution < -0.4 is 9.88 Å². The summed E-state index contributed by atoms with van der Waals surface area (Å²) in [7, 11) is -3.85. The Balaban J connectivity index is 3.13. The van der Waals surface area contributed by atoms with Crippen molar-refractivity contribution >= 4 is 10.0 Å². The highest BCUT2D eigenvalue weighted by Crippen LogP contribution is 2.19. The van der Waals surface area contributed by atoms with Crippen LogP contribution in [0.3, 0.4) is 0 Å². The molecule has 14 heavy (non-hydrogen) atoms. The minimum absolute atomic E-state index is 0.0138. The van der Waals surface area contributed by atoms with Crippen LogP contribution in [0.4, 0.5) is 4.39 Å². The van der Waals surface area contributed by atoms with Gasteiger partial charge in [0.15, 0.2) is 11.6 Å². The van der Waals surface area contributed by atoms with E-state index in [0.717, 1.165) is 6.07 Å². The molecule has 0 fully saturated rings. The molecule has 1 aromatic carbocycles. The Bertz CT molecular complexity index is 430. The lowest BCUT2D eigenvalue weighted by Gasteiger charge is -2.05. The van der Waals surface area contributed by atoms with E-state index in [4.69, 9.17) is 9.88 Å². The molecule has 0 amide bonds. The van der Waals surface area contributed by atoms with Crippen molar-refractivity contribution in [1.82, 2.24) is 0 Å². The number of benzene rings is 1. The minimum Gasteiger partial charge on any atom is -0.491 e. The summed E-state index contributed by atoms with van der Waals surface area (Å²) in [5.74, 6) is -0.724. The zero-order valence-electron chi connectivity index (χ0n) is 7.53. The zero-order chi connectivity index (χ0) is 10.8. The lowest BCUT2D eigenvalue weighted by Crippen LogP contribution is -2.12. The molecular weight excluding hydrogens is 209 g/mol. The van der Waals surface area contributed by atoms with Crippen molar-refractivity contribution in [2.24, 2.45) is 5.14 Å². The lowest BCUT2D eigenvalue weighted by atomic mass is 10.3. The van der Waals surface area contributed by atoms with E-state index in [1.54, 1.807) is 6.92 Å². The maximum atomic E-state index is 13.1. The van der Waals surface area contributed by atoms with Crippen LogP contribution in [0.5, 0.6) is 5.75 Å². The molecule has 0 radical (unpaired) electrons. The van der Waals surface area contributed by atoms with Gasteiger partial charge in [-0.05, 0) is 25.1 Å². The van der Waals surface area contributed by atoms with E-state index in [2.05, 4.69) is 0 Å². The van der Waals surface area contributed by atoms with E-state index in [-0.39, 0.29) is 10.6 Å². The van der Waals surface area contributed by atoms with Gasteiger partial charge >= 0.3 is 0 Å². The molecule has 0 bridgehead atoms. The zero-order valence-corrected chi connectivity index (χ0v) is 8.34. The van der Waals surface area contributed by atoms with Crippen molar-refractivity contribution in [2.75, 3.05) is 6.61 Å². The number of sulfonamides is 1. The monoisotopic (exact) mass is 219 g/mol. The van der Waals surface area contributed by atoms with Gasteiger partial charge in [-0.25, -0.2) is 17.9 Å². The number of ether oxygens (including phenoxy) is 1. The molecule has 78 valence electrons. The fraction of sp³-hybridized carbons (Fsp3) is 0.250.